The number of ether oxygens (including phenoxy) is 2. The van der Waals surface area contributed by atoms with Crippen molar-refractivity contribution in [3.05, 3.63) is 65.2 Å². The van der Waals surface area contributed by atoms with Gasteiger partial charge in [0.25, 0.3) is 0 Å². The minimum absolute atomic E-state index is 0.333. The highest BCUT2D eigenvalue weighted by atomic mass is 16.6. The van der Waals surface area contributed by atoms with Gasteiger partial charge < -0.3 is 9.47 Å². The fraction of sp³-hybridized carbons (Fsp3) is 0.458. The van der Waals surface area contributed by atoms with Crippen molar-refractivity contribution in [1.82, 2.24) is 0 Å². The molecule has 0 N–H and O–H groups in total. The Kier molecular flexibility index (Phi) is 7.46. The first-order valence-electron chi connectivity index (χ1n) is 9.92. The van der Waals surface area contributed by atoms with Crippen LogP contribution in [0.4, 0.5) is 0 Å². The van der Waals surface area contributed by atoms with Gasteiger partial charge in [-0.15, -0.1) is 0 Å². The molecule has 0 fully saturated rings. The molecule has 0 saturated heterocycles. The van der Waals surface area contributed by atoms with Gasteiger partial charge >= 0.3 is 5.97 Å². The standard InChI is InChI=1S/C24H32O3/c1-6-8-19-9-11-20(12-10-19)17-24(5,23(25)26-7-2)27-22-15-13-21(14-16-22)18(3)4/h9-16,18H,6-8,17H2,1-5H3. The second kappa shape index (κ2) is 9.59. The summed E-state index contributed by atoms with van der Waals surface area (Å²) in [5.41, 5.74) is 2.54. The van der Waals surface area contributed by atoms with Crippen molar-refractivity contribution in [3.63, 3.8) is 0 Å². The molecule has 146 valence electrons. The summed E-state index contributed by atoms with van der Waals surface area (Å²) in [5, 5.41) is 0. The van der Waals surface area contributed by atoms with Gasteiger partial charge in [0.15, 0.2) is 0 Å². The van der Waals surface area contributed by atoms with E-state index in [1.54, 1.807) is 6.92 Å². The maximum absolute atomic E-state index is 12.7. The second-order valence-electron chi connectivity index (χ2n) is 7.52. The van der Waals surface area contributed by atoms with E-state index in [1.165, 1.54) is 11.1 Å². The van der Waals surface area contributed by atoms with Gasteiger partial charge in [0.1, 0.15) is 5.75 Å². The van der Waals surface area contributed by atoms with Crippen LogP contribution in [-0.2, 0) is 22.4 Å². The molecule has 0 aliphatic rings. The third kappa shape index (κ3) is 5.85. The highest BCUT2D eigenvalue weighted by molar-refractivity contribution is 5.80. The van der Waals surface area contributed by atoms with E-state index in [0.29, 0.717) is 24.7 Å². The molecule has 3 nitrogen and oxygen atoms in total. The predicted molar refractivity (Wildman–Crippen MR) is 110 cm³/mol. The maximum atomic E-state index is 12.7. The molecule has 3 heteroatoms. The zero-order chi connectivity index (χ0) is 19.9. The SMILES string of the molecule is CCCc1ccc(CC(C)(Oc2ccc(C(C)C)cc2)C(=O)OCC)cc1. The Morgan fingerprint density at radius 1 is 0.963 bits per heavy atom. The molecule has 0 heterocycles. The van der Waals surface area contributed by atoms with Gasteiger partial charge in [-0.3, -0.25) is 0 Å². The first-order chi connectivity index (χ1) is 12.9. The lowest BCUT2D eigenvalue weighted by Crippen LogP contribution is -2.45. The smallest absolute Gasteiger partial charge is 0.350 e. The molecule has 0 amide bonds. The van der Waals surface area contributed by atoms with Crippen LogP contribution in [0.2, 0.25) is 0 Å². The highest BCUT2D eigenvalue weighted by Gasteiger charge is 2.37. The van der Waals surface area contributed by atoms with E-state index in [0.717, 1.165) is 18.4 Å². The minimum atomic E-state index is -1.07. The average molecular weight is 369 g/mol. The minimum Gasteiger partial charge on any atom is -0.476 e. The Balaban J connectivity index is 2.21. The van der Waals surface area contributed by atoms with E-state index < -0.39 is 5.60 Å². The van der Waals surface area contributed by atoms with Crippen molar-refractivity contribution in [2.24, 2.45) is 0 Å². The van der Waals surface area contributed by atoms with E-state index in [1.807, 2.05) is 31.2 Å². The highest BCUT2D eigenvalue weighted by Crippen LogP contribution is 2.26. The molecule has 0 spiro atoms. The number of hydrogen-bond acceptors (Lipinski definition) is 3. The van der Waals surface area contributed by atoms with Gasteiger partial charge in [-0.05, 0) is 55.0 Å². The van der Waals surface area contributed by atoms with E-state index in [2.05, 4.69) is 45.0 Å². The van der Waals surface area contributed by atoms with Gasteiger partial charge in [0.2, 0.25) is 5.60 Å². The van der Waals surface area contributed by atoms with E-state index in [-0.39, 0.29) is 5.97 Å². The molecule has 0 radical (unpaired) electrons. The predicted octanol–water partition coefficient (Wildman–Crippen LogP) is 5.71. The molecule has 2 aromatic carbocycles. The third-order valence-electron chi connectivity index (χ3n) is 4.70. The fourth-order valence-electron chi connectivity index (χ4n) is 3.12. The summed E-state index contributed by atoms with van der Waals surface area (Å²) >= 11 is 0. The number of esters is 1. The molecule has 0 aromatic heterocycles. The number of rotatable bonds is 9. The molecule has 0 bridgehead atoms. The summed E-state index contributed by atoms with van der Waals surface area (Å²) in [6, 6.07) is 16.4. The van der Waals surface area contributed by atoms with Crippen LogP contribution in [0.1, 0.15) is 63.6 Å². The molecule has 0 aliphatic heterocycles. The van der Waals surface area contributed by atoms with Crippen molar-refractivity contribution in [2.45, 2.75) is 65.4 Å². The Morgan fingerprint density at radius 2 is 1.56 bits per heavy atom. The first-order valence-corrected chi connectivity index (χ1v) is 9.92. The van der Waals surface area contributed by atoms with Crippen molar-refractivity contribution >= 4 is 5.97 Å². The van der Waals surface area contributed by atoms with Crippen molar-refractivity contribution in [3.8, 4) is 5.75 Å². The molecule has 0 saturated carbocycles. The van der Waals surface area contributed by atoms with Crippen LogP contribution < -0.4 is 4.74 Å². The molecule has 27 heavy (non-hydrogen) atoms. The quantitative estimate of drug-likeness (QED) is 0.532. The number of carbonyl (C=O) groups is 1. The summed E-state index contributed by atoms with van der Waals surface area (Å²) in [7, 11) is 0. The molecule has 2 rings (SSSR count). The Bertz CT molecular complexity index is 716. The number of benzene rings is 2. The summed E-state index contributed by atoms with van der Waals surface area (Å²) in [4.78, 5) is 12.7. The van der Waals surface area contributed by atoms with Crippen LogP contribution >= 0.6 is 0 Å². The summed E-state index contributed by atoms with van der Waals surface area (Å²) in [5.74, 6) is 0.797. The normalized spacial score (nSPS) is 13.3. The van der Waals surface area contributed by atoms with Gasteiger partial charge in [0, 0.05) is 6.42 Å². The summed E-state index contributed by atoms with van der Waals surface area (Å²) < 4.78 is 11.5. The van der Waals surface area contributed by atoms with E-state index in [4.69, 9.17) is 9.47 Å². The lowest BCUT2D eigenvalue weighted by Gasteiger charge is -2.29. The summed E-state index contributed by atoms with van der Waals surface area (Å²) in [6.45, 7) is 10.4. The van der Waals surface area contributed by atoms with Gasteiger partial charge in [-0.1, -0.05) is 63.6 Å². The largest absolute Gasteiger partial charge is 0.476 e. The van der Waals surface area contributed by atoms with Crippen LogP contribution in [-0.4, -0.2) is 18.2 Å². The Hall–Kier alpha value is -2.29. The van der Waals surface area contributed by atoms with Crippen LogP contribution in [0.5, 0.6) is 5.75 Å². The summed E-state index contributed by atoms with van der Waals surface area (Å²) in [6.07, 6.45) is 2.65. The topological polar surface area (TPSA) is 35.5 Å². The monoisotopic (exact) mass is 368 g/mol. The molecular formula is C24H32O3. The molecule has 0 aliphatic carbocycles. The third-order valence-corrected chi connectivity index (χ3v) is 4.70. The van der Waals surface area contributed by atoms with Gasteiger partial charge in [0.05, 0.1) is 6.61 Å². The van der Waals surface area contributed by atoms with Crippen molar-refractivity contribution < 1.29 is 14.3 Å². The zero-order valence-corrected chi connectivity index (χ0v) is 17.2. The Labute approximate surface area is 163 Å². The molecule has 1 atom stereocenters. The molecular weight excluding hydrogens is 336 g/mol. The lowest BCUT2D eigenvalue weighted by molar-refractivity contribution is -0.160. The van der Waals surface area contributed by atoms with Gasteiger partial charge in [-0.25, -0.2) is 4.79 Å². The first kappa shape index (κ1) is 21.0. The maximum Gasteiger partial charge on any atom is 0.350 e. The molecule has 2 aromatic rings. The van der Waals surface area contributed by atoms with Crippen LogP contribution in [0.25, 0.3) is 0 Å². The van der Waals surface area contributed by atoms with Gasteiger partial charge in [-0.2, -0.15) is 0 Å². The fourth-order valence-corrected chi connectivity index (χ4v) is 3.12. The van der Waals surface area contributed by atoms with Crippen LogP contribution in [0.3, 0.4) is 0 Å². The van der Waals surface area contributed by atoms with Crippen molar-refractivity contribution in [1.29, 1.82) is 0 Å². The number of hydrogen-bond donors (Lipinski definition) is 0. The zero-order valence-electron chi connectivity index (χ0n) is 17.2. The van der Waals surface area contributed by atoms with Crippen LogP contribution in [0, 0.1) is 0 Å². The Morgan fingerprint density at radius 3 is 2.07 bits per heavy atom. The van der Waals surface area contributed by atoms with E-state index >= 15 is 0 Å². The number of carbonyl (C=O) groups excluding carboxylic acids is 1. The second-order valence-corrected chi connectivity index (χ2v) is 7.52. The number of aryl methyl sites for hydroxylation is 1. The van der Waals surface area contributed by atoms with Crippen LogP contribution in [0.15, 0.2) is 48.5 Å². The average Bonchev–Trinajstić information content (AvgIpc) is 2.64. The lowest BCUT2D eigenvalue weighted by atomic mass is 9.94. The van der Waals surface area contributed by atoms with E-state index in [9.17, 15) is 4.79 Å². The molecule has 1 unspecified atom stereocenters. The van der Waals surface area contributed by atoms with Crippen molar-refractivity contribution in [2.75, 3.05) is 6.61 Å².